The van der Waals surface area contributed by atoms with Gasteiger partial charge in [0.1, 0.15) is 0 Å². The second-order valence-corrected chi connectivity index (χ2v) is 4.63. The third-order valence-corrected chi connectivity index (χ3v) is 3.13. The van der Waals surface area contributed by atoms with Gasteiger partial charge in [-0.3, -0.25) is 0 Å². The Bertz CT molecular complexity index is 448. The van der Waals surface area contributed by atoms with Gasteiger partial charge in [0, 0.05) is 18.8 Å². The average Bonchev–Trinajstić information content (AvgIpc) is 2.37. The lowest BCUT2D eigenvalue weighted by Crippen LogP contribution is -2.42. The van der Waals surface area contributed by atoms with E-state index < -0.39 is 18.3 Å². The molecule has 2 rings (SSSR count). The fourth-order valence-corrected chi connectivity index (χ4v) is 2.22. The van der Waals surface area contributed by atoms with Crippen molar-refractivity contribution in [2.24, 2.45) is 0 Å². The molecule has 0 spiro atoms. The summed E-state index contributed by atoms with van der Waals surface area (Å²) in [5.41, 5.74) is -0.287. The molecular formula is C13H16F3NO2. The molecule has 0 bridgehead atoms. The fraction of sp³-hybridized carbons (Fsp3) is 0.538. The van der Waals surface area contributed by atoms with Gasteiger partial charge in [-0.2, -0.15) is 13.2 Å². The lowest BCUT2D eigenvalue weighted by atomic mass is 10.1. The normalized spacial score (nSPS) is 20.7. The lowest BCUT2D eigenvalue weighted by molar-refractivity contribution is -0.137. The number of aliphatic hydroxyl groups is 1. The Kier molecular flexibility index (Phi) is 4.01. The maximum atomic E-state index is 13.1. The van der Waals surface area contributed by atoms with Crippen LogP contribution in [0.15, 0.2) is 18.2 Å². The Morgan fingerprint density at radius 2 is 2.16 bits per heavy atom. The van der Waals surface area contributed by atoms with Gasteiger partial charge in [0.15, 0.2) is 0 Å². The van der Waals surface area contributed by atoms with Crippen LogP contribution in [0, 0.1) is 0 Å². The first kappa shape index (κ1) is 14.1. The number of anilines is 1. The van der Waals surface area contributed by atoms with E-state index in [1.807, 2.05) is 6.92 Å². The van der Waals surface area contributed by atoms with Crippen LogP contribution < -0.4 is 4.90 Å². The smallest absolute Gasteiger partial charge is 0.392 e. The van der Waals surface area contributed by atoms with Crippen molar-refractivity contribution in [1.29, 1.82) is 0 Å². The highest BCUT2D eigenvalue weighted by atomic mass is 19.4. The van der Waals surface area contributed by atoms with E-state index in [1.165, 1.54) is 12.1 Å². The van der Waals surface area contributed by atoms with Gasteiger partial charge >= 0.3 is 6.18 Å². The molecule has 1 heterocycles. The summed E-state index contributed by atoms with van der Waals surface area (Å²) in [5.74, 6) is 0. The third-order valence-electron chi connectivity index (χ3n) is 3.13. The van der Waals surface area contributed by atoms with Crippen molar-refractivity contribution in [2.45, 2.75) is 25.8 Å². The first-order valence-electron chi connectivity index (χ1n) is 6.09. The summed E-state index contributed by atoms with van der Waals surface area (Å²) >= 11 is 0. The zero-order chi connectivity index (χ0) is 14.0. The number of rotatable bonds is 2. The van der Waals surface area contributed by atoms with Crippen molar-refractivity contribution in [3.05, 3.63) is 29.3 Å². The summed E-state index contributed by atoms with van der Waals surface area (Å²) in [4.78, 5) is 1.68. The molecule has 1 aromatic carbocycles. The first-order valence-corrected chi connectivity index (χ1v) is 6.09. The molecule has 1 aliphatic heterocycles. The van der Waals surface area contributed by atoms with Gasteiger partial charge in [0.05, 0.1) is 24.9 Å². The summed E-state index contributed by atoms with van der Waals surface area (Å²) in [7, 11) is 0. The van der Waals surface area contributed by atoms with E-state index in [2.05, 4.69) is 0 Å². The molecule has 1 unspecified atom stereocenters. The molecular weight excluding hydrogens is 259 g/mol. The van der Waals surface area contributed by atoms with Crippen LogP contribution in [0.1, 0.15) is 18.1 Å². The van der Waals surface area contributed by atoms with Crippen LogP contribution in [0.3, 0.4) is 0 Å². The minimum atomic E-state index is -4.43. The monoisotopic (exact) mass is 275 g/mol. The highest BCUT2D eigenvalue weighted by molar-refractivity contribution is 5.56. The van der Waals surface area contributed by atoms with Crippen molar-refractivity contribution in [1.82, 2.24) is 0 Å². The summed E-state index contributed by atoms with van der Waals surface area (Å²) < 4.78 is 44.6. The van der Waals surface area contributed by atoms with Crippen molar-refractivity contribution in [3.63, 3.8) is 0 Å². The number of hydrogen-bond acceptors (Lipinski definition) is 3. The molecule has 3 nitrogen and oxygen atoms in total. The molecule has 1 saturated heterocycles. The molecule has 1 fully saturated rings. The number of alkyl halides is 3. The van der Waals surface area contributed by atoms with E-state index in [0.717, 1.165) is 6.07 Å². The molecule has 0 saturated carbocycles. The first-order chi connectivity index (χ1) is 8.91. The van der Waals surface area contributed by atoms with Crippen LogP contribution >= 0.6 is 0 Å². The topological polar surface area (TPSA) is 32.7 Å². The number of aliphatic hydroxyl groups excluding tert-OH is 1. The van der Waals surface area contributed by atoms with E-state index in [4.69, 9.17) is 9.84 Å². The number of ether oxygens (including phenoxy) is 1. The second kappa shape index (κ2) is 5.38. The summed E-state index contributed by atoms with van der Waals surface area (Å²) in [6.07, 6.45) is -4.52. The zero-order valence-electron chi connectivity index (χ0n) is 10.6. The van der Waals surface area contributed by atoms with Gasteiger partial charge < -0.3 is 14.7 Å². The molecule has 1 aliphatic rings. The van der Waals surface area contributed by atoms with E-state index in [-0.39, 0.29) is 17.4 Å². The molecule has 0 radical (unpaired) electrons. The van der Waals surface area contributed by atoms with Crippen molar-refractivity contribution >= 4 is 5.69 Å². The molecule has 1 atom stereocenters. The maximum Gasteiger partial charge on any atom is 0.418 e. The van der Waals surface area contributed by atoms with Crippen LogP contribution in [0.5, 0.6) is 0 Å². The van der Waals surface area contributed by atoms with Gasteiger partial charge in [0.25, 0.3) is 0 Å². The van der Waals surface area contributed by atoms with Crippen molar-refractivity contribution in [2.75, 3.05) is 24.6 Å². The molecule has 1 aromatic rings. The van der Waals surface area contributed by atoms with E-state index in [1.54, 1.807) is 4.90 Å². The van der Waals surface area contributed by atoms with Crippen molar-refractivity contribution < 1.29 is 23.0 Å². The van der Waals surface area contributed by atoms with E-state index >= 15 is 0 Å². The Labute approximate surface area is 109 Å². The average molecular weight is 275 g/mol. The number of hydrogen-bond donors (Lipinski definition) is 1. The van der Waals surface area contributed by atoms with Gasteiger partial charge in [-0.1, -0.05) is 6.07 Å². The molecule has 0 aliphatic carbocycles. The fourth-order valence-electron chi connectivity index (χ4n) is 2.22. The number of morpholine rings is 1. The zero-order valence-corrected chi connectivity index (χ0v) is 10.6. The summed E-state index contributed by atoms with van der Waals surface area (Å²) in [6, 6.07) is 3.95. The summed E-state index contributed by atoms with van der Waals surface area (Å²) in [6.45, 7) is 2.72. The van der Waals surface area contributed by atoms with Crippen LogP contribution in [0.4, 0.5) is 18.9 Å². The van der Waals surface area contributed by atoms with Crippen LogP contribution in [-0.2, 0) is 17.5 Å². The molecule has 106 valence electrons. The quantitative estimate of drug-likeness (QED) is 0.899. The Morgan fingerprint density at radius 3 is 2.74 bits per heavy atom. The Balaban J connectivity index is 2.38. The van der Waals surface area contributed by atoms with E-state index in [9.17, 15) is 13.2 Å². The lowest BCUT2D eigenvalue weighted by Gasteiger charge is -2.34. The van der Waals surface area contributed by atoms with Gasteiger partial charge in [-0.15, -0.1) is 0 Å². The number of nitrogens with zero attached hydrogens (tertiary/aromatic N) is 1. The van der Waals surface area contributed by atoms with Crippen LogP contribution in [0.25, 0.3) is 0 Å². The Morgan fingerprint density at radius 1 is 1.42 bits per heavy atom. The molecule has 1 N–H and O–H groups in total. The number of benzene rings is 1. The highest BCUT2D eigenvalue weighted by Gasteiger charge is 2.35. The Hall–Kier alpha value is -1.27. The van der Waals surface area contributed by atoms with Crippen molar-refractivity contribution in [3.8, 4) is 0 Å². The van der Waals surface area contributed by atoms with Gasteiger partial charge in [0.2, 0.25) is 0 Å². The standard InChI is InChI=1S/C13H16F3NO2/c1-9-7-17(4-5-19-9)12-3-2-10(8-18)6-11(12)13(14,15)16/h2-3,6,9,18H,4-5,7-8H2,1H3. The van der Waals surface area contributed by atoms with Crippen LogP contribution in [-0.4, -0.2) is 30.9 Å². The minimum Gasteiger partial charge on any atom is -0.392 e. The van der Waals surface area contributed by atoms with E-state index in [0.29, 0.717) is 19.7 Å². The predicted octanol–water partition coefficient (Wildman–Crippen LogP) is 2.42. The minimum absolute atomic E-state index is 0.0904. The van der Waals surface area contributed by atoms with Gasteiger partial charge in [-0.05, 0) is 24.6 Å². The summed E-state index contributed by atoms with van der Waals surface area (Å²) in [5, 5.41) is 8.97. The second-order valence-electron chi connectivity index (χ2n) is 4.63. The SMILES string of the molecule is CC1CN(c2ccc(CO)cc2C(F)(F)F)CCO1. The largest absolute Gasteiger partial charge is 0.418 e. The molecule has 0 amide bonds. The third kappa shape index (κ3) is 3.19. The highest BCUT2D eigenvalue weighted by Crippen LogP contribution is 2.37. The maximum absolute atomic E-state index is 13.1. The molecule has 0 aromatic heterocycles. The predicted molar refractivity (Wildman–Crippen MR) is 65.0 cm³/mol. The molecule has 19 heavy (non-hydrogen) atoms. The van der Waals surface area contributed by atoms with Crippen LogP contribution in [0.2, 0.25) is 0 Å². The number of halogens is 3. The molecule has 6 heteroatoms. The van der Waals surface area contributed by atoms with Gasteiger partial charge in [-0.25, -0.2) is 0 Å².